The van der Waals surface area contributed by atoms with Gasteiger partial charge in [0.15, 0.2) is 5.78 Å². The number of alkyl halides is 1. The molecule has 2 aliphatic heterocycles. The molecule has 0 atom stereocenters. The average Bonchev–Trinajstić information content (AvgIpc) is 2.55. The van der Waals surface area contributed by atoms with Crippen LogP contribution in [0.2, 0.25) is 0 Å². The van der Waals surface area contributed by atoms with Crippen molar-refractivity contribution in [2.24, 2.45) is 0 Å². The first-order valence-electron chi connectivity index (χ1n) is 7.81. The Balaban J connectivity index is 1.75. The molecule has 2 aliphatic rings. The predicted molar refractivity (Wildman–Crippen MR) is 89.5 cm³/mol. The third-order valence-corrected chi connectivity index (χ3v) is 5.03. The highest BCUT2D eigenvalue weighted by Gasteiger charge is 2.43. The second-order valence-electron chi connectivity index (χ2n) is 6.07. The summed E-state index contributed by atoms with van der Waals surface area (Å²) in [5, 5.41) is 0.676. The van der Waals surface area contributed by atoms with Crippen LogP contribution in [0.5, 0.6) is 11.5 Å². The Labute approximate surface area is 144 Å². The summed E-state index contributed by atoms with van der Waals surface area (Å²) >= 11 is 3.30. The number of ketones is 1. The van der Waals surface area contributed by atoms with E-state index in [1.807, 2.05) is 4.90 Å². The smallest absolute Gasteiger partial charge is 0.223 e. The molecule has 23 heavy (non-hydrogen) atoms. The summed E-state index contributed by atoms with van der Waals surface area (Å²) in [6, 6.07) is 5.31. The van der Waals surface area contributed by atoms with Crippen LogP contribution in [0.25, 0.3) is 0 Å². The van der Waals surface area contributed by atoms with Gasteiger partial charge in [-0.25, -0.2) is 0 Å². The van der Waals surface area contributed by atoms with Crippen LogP contribution in [0.3, 0.4) is 0 Å². The first-order valence-corrected chi connectivity index (χ1v) is 8.93. The van der Waals surface area contributed by atoms with Gasteiger partial charge in [0, 0.05) is 43.7 Å². The summed E-state index contributed by atoms with van der Waals surface area (Å²) in [7, 11) is 1.59. The largest absolute Gasteiger partial charge is 0.497 e. The number of nitrogens with zero attached hydrogens (tertiary/aromatic N) is 1. The highest BCUT2D eigenvalue weighted by molar-refractivity contribution is 9.09. The Morgan fingerprint density at radius 1 is 1.39 bits per heavy atom. The van der Waals surface area contributed by atoms with Crippen molar-refractivity contribution in [1.29, 1.82) is 0 Å². The number of rotatable bonds is 3. The third-order valence-electron chi connectivity index (χ3n) is 4.63. The van der Waals surface area contributed by atoms with Crippen molar-refractivity contribution in [3.05, 3.63) is 23.8 Å². The highest BCUT2D eigenvalue weighted by atomic mass is 79.9. The van der Waals surface area contributed by atoms with Crippen molar-refractivity contribution in [3.8, 4) is 11.5 Å². The number of halogens is 1. The van der Waals surface area contributed by atoms with Crippen LogP contribution in [0, 0.1) is 0 Å². The van der Waals surface area contributed by atoms with Crippen molar-refractivity contribution in [3.63, 3.8) is 0 Å². The molecule has 0 aromatic heterocycles. The minimum absolute atomic E-state index is 0.106. The van der Waals surface area contributed by atoms with Crippen molar-refractivity contribution in [2.75, 3.05) is 25.5 Å². The highest BCUT2D eigenvalue weighted by Crippen LogP contribution is 2.40. The van der Waals surface area contributed by atoms with Crippen molar-refractivity contribution in [2.45, 2.75) is 31.3 Å². The summed E-state index contributed by atoms with van der Waals surface area (Å²) in [6.07, 6.45) is 2.26. The van der Waals surface area contributed by atoms with E-state index in [4.69, 9.17) is 9.47 Å². The molecular formula is C17H20BrNO4. The second-order valence-corrected chi connectivity index (χ2v) is 6.86. The topological polar surface area (TPSA) is 55.8 Å². The lowest BCUT2D eigenvalue weighted by Gasteiger charge is -2.44. The van der Waals surface area contributed by atoms with E-state index in [-0.39, 0.29) is 11.7 Å². The van der Waals surface area contributed by atoms with E-state index in [0.29, 0.717) is 61.2 Å². The molecular weight excluding hydrogens is 362 g/mol. The molecule has 6 heteroatoms. The van der Waals surface area contributed by atoms with Gasteiger partial charge in [-0.2, -0.15) is 0 Å². The van der Waals surface area contributed by atoms with Crippen molar-refractivity contribution < 1.29 is 19.1 Å². The lowest BCUT2D eigenvalue weighted by atomic mass is 9.82. The number of ether oxygens (including phenoxy) is 2. The third kappa shape index (κ3) is 3.22. The number of hydrogen-bond acceptors (Lipinski definition) is 4. The van der Waals surface area contributed by atoms with Gasteiger partial charge in [-0.05, 0) is 12.1 Å². The van der Waals surface area contributed by atoms with Crippen LogP contribution in [0.1, 0.15) is 36.0 Å². The van der Waals surface area contributed by atoms with Crippen molar-refractivity contribution >= 4 is 27.6 Å². The summed E-state index contributed by atoms with van der Waals surface area (Å²) in [4.78, 5) is 26.3. The van der Waals surface area contributed by atoms with E-state index in [1.54, 1.807) is 25.3 Å². The lowest BCUT2D eigenvalue weighted by molar-refractivity contribution is -0.134. The second kappa shape index (κ2) is 6.51. The molecule has 0 unspecified atom stereocenters. The van der Waals surface area contributed by atoms with E-state index in [2.05, 4.69) is 15.9 Å². The molecule has 1 fully saturated rings. The first kappa shape index (κ1) is 16.3. The molecule has 0 bridgehead atoms. The van der Waals surface area contributed by atoms with Crippen LogP contribution in [0.15, 0.2) is 18.2 Å². The minimum Gasteiger partial charge on any atom is -0.497 e. The molecule has 0 aliphatic carbocycles. The van der Waals surface area contributed by atoms with Crippen LogP contribution >= 0.6 is 15.9 Å². The number of benzene rings is 1. The summed E-state index contributed by atoms with van der Waals surface area (Å²) in [5.74, 6) is 1.54. The number of carbonyl (C=O) groups excluding carboxylic acids is 2. The fourth-order valence-electron chi connectivity index (χ4n) is 3.28. The quantitative estimate of drug-likeness (QED) is 0.755. The normalized spacial score (nSPS) is 19.2. The Bertz CT molecular complexity index is 623. The maximum absolute atomic E-state index is 12.5. The van der Waals surface area contributed by atoms with Gasteiger partial charge in [-0.3, -0.25) is 9.59 Å². The van der Waals surface area contributed by atoms with Gasteiger partial charge in [0.1, 0.15) is 17.1 Å². The fraction of sp³-hybridized carbons (Fsp3) is 0.529. The fourth-order valence-corrected chi connectivity index (χ4v) is 3.62. The average molecular weight is 382 g/mol. The number of methoxy groups -OCH3 is 1. The predicted octanol–water partition coefficient (Wildman–Crippen LogP) is 2.81. The zero-order chi connectivity index (χ0) is 16.4. The number of likely N-dealkylation sites (tertiary alicyclic amines) is 1. The Morgan fingerprint density at radius 2 is 2.13 bits per heavy atom. The molecule has 2 heterocycles. The number of piperidine rings is 1. The monoisotopic (exact) mass is 381 g/mol. The number of hydrogen-bond donors (Lipinski definition) is 0. The van der Waals surface area contributed by atoms with Gasteiger partial charge < -0.3 is 14.4 Å². The zero-order valence-electron chi connectivity index (χ0n) is 13.1. The molecule has 5 nitrogen and oxygen atoms in total. The van der Waals surface area contributed by atoms with Gasteiger partial charge >= 0.3 is 0 Å². The van der Waals surface area contributed by atoms with E-state index in [1.165, 1.54) is 0 Å². The summed E-state index contributed by atoms with van der Waals surface area (Å²) in [6.45, 7) is 1.27. The summed E-state index contributed by atoms with van der Waals surface area (Å²) in [5.41, 5.74) is 0.135. The number of fused-ring (bicyclic) bond motifs is 1. The zero-order valence-corrected chi connectivity index (χ0v) is 14.7. The van der Waals surface area contributed by atoms with Gasteiger partial charge in [0.25, 0.3) is 0 Å². The maximum atomic E-state index is 12.5. The molecule has 0 N–H and O–H groups in total. The Hall–Kier alpha value is -1.56. The van der Waals surface area contributed by atoms with E-state index < -0.39 is 5.60 Å². The van der Waals surface area contributed by atoms with Crippen molar-refractivity contribution in [1.82, 2.24) is 4.90 Å². The standard InChI is InChI=1S/C17H20BrNO4/c1-22-12-2-3-13-14(20)11-17(23-15(13)10-12)5-8-19(9-6-17)16(21)4-7-18/h2-3,10H,4-9,11H2,1H3. The van der Waals surface area contributed by atoms with E-state index >= 15 is 0 Å². The molecule has 1 spiro atoms. The number of carbonyl (C=O) groups is 2. The molecule has 1 amide bonds. The van der Waals surface area contributed by atoms with E-state index in [9.17, 15) is 9.59 Å². The minimum atomic E-state index is -0.484. The molecule has 3 rings (SSSR count). The molecule has 1 saturated heterocycles. The van der Waals surface area contributed by atoms with E-state index in [0.717, 1.165) is 0 Å². The number of amides is 1. The van der Waals surface area contributed by atoms with Crippen LogP contribution < -0.4 is 9.47 Å². The summed E-state index contributed by atoms with van der Waals surface area (Å²) < 4.78 is 11.4. The van der Waals surface area contributed by atoms with Crippen LogP contribution in [-0.4, -0.2) is 47.7 Å². The van der Waals surface area contributed by atoms with Crippen LogP contribution in [0.4, 0.5) is 0 Å². The molecule has 0 radical (unpaired) electrons. The first-order chi connectivity index (χ1) is 11.1. The molecule has 124 valence electrons. The number of Topliss-reactive ketones (excluding diaryl/α,β-unsaturated/α-hetero) is 1. The SMILES string of the molecule is COc1ccc2c(c1)OC1(CCN(C(=O)CCBr)CC1)CC2=O. The van der Waals surface area contributed by atoms with Gasteiger partial charge in [-0.15, -0.1) is 0 Å². The van der Waals surface area contributed by atoms with Crippen LogP contribution in [-0.2, 0) is 4.79 Å². The Morgan fingerprint density at radius 3 is 2.78 bits per heavy atom. The van der Waals surface area contributed by atoms with Gasteiger partial charge in [0.2, 0.25) is 5.91 Å². The molecule has 1 aromatic rings. The molecule has 0 saturated carbocycles. The van der Waals surface area contributed by atoms with Gasteiger partial charge in [-0.1, -0.05) is 15.9 Å². The maximum Gasteiger partial charge on any atom is 0.223 e. The van der Waals surface area contributed by atoms with Gasteiger partial charge in [0.05, 0.1) is 19.1 Å². The lowest BCUT2D eigenvalue weighted by Crippen LogP contribution is -2.52. The Kier molecular flexibility index (Phi) is 4.62. The molecule has 1 aromatic carbocycles.